The van der Waals surface area contributed by atoms with Crippen molar-refractivity contribution in [1.82, 2.24) is 0 Å². The first kappa shape index (κ1) is 17.1. The van der Waals surface area contributed by atoms with Crippen molar-refractivity contribution in [1.29, 1.82) is 0 Å². The molecule has 4 heteroatoms. The van der Waals surface area contributed by atoms with E-state index < -0.39 is 0 Å². The molecule has 0 spiro atoms. The molecule has 0 unspecified atom stereocenters. The van der Waals surface area contributed by atoms with E-state index in [-0.39, 0.29) is 0 Å². The monoisotopic (exact) mass is 350 g/mol. The number of hydrogen-bond acceptors (Lipinski definition) is 3. The van der Waals surface area contributed by atoms with Gasteiger partial charge in [0, 0.05) is 10.6 Å². The maximum Gasteiger partial charge on any atom is 0.128 e. The zero-order chi connectivity index (χ0) is 17.5. The van der Waals surface area contributed by atoms with E-state index in [0.717, 1.165) is 22.6 Å². The fourth-order valence-corrected chi connectivity index (χ4v) is 2.55. The van der Waals surface area contributed by atoms with Gasteiger partial charge < -0.3 is 4.74 Å². The van der Waals surface area contributed by atoms with Gasteiger partial charge in [-0.25, -0.2) is 0 Å². The smallest absolute Gasteiger partial charge is 0.128 e. The summed E-state index contributed by atoms with van der Waals surface area (Å²) in [5.74, 6) is 0.742. The van der Waals surface area contributed by atoms with Crippen molar-refractivity contribution < 1.29 is 4.74 Å². The minimum absolute atomic E-state index is 0.501. The number of nitrogens with zero attached hydrogens (tertiary/aromatic N) is 1. The first-order valence-electron chi connectivity index (χ1n) is 8.03. The molecule has 0 bridgehead atoms. The van der Waals surface area contributed by atoms with Crippen LogP contribution in [0.25, 0.3) is 0 Å². The Morgan fingerprint density at radius 3 is 2.56 bits per heavy atom. The van der Waals surface area contributed by atoms with Crippen LogP contribution in [-0.2, 0) is 6.61 Å². The van der Waals surface area contributed by atoms with Gasteiger partial charge in [-0.15, -0.1) is 0 Å². The Morgan fingerprint density at radius 2 is 1.76 bits per heavy atom. The molecule has 3 aromatic rings. The molecule has 0 aliphatic rings. The number of hydrogen-bond donors (Lipinski definition) is 1. The molecule has 3 nitrogen and oxygen atoms in total. The van der Waals surface area contributed by atoms with Crippen LogP contribution >= 0.6 is 11.6 Å². The summed E-state index contributed by atoms with van der Waals surface area (Å²) < 4.78 is 5.98. The average molecular weight is 351 g/mol. The van der Waals surface area contributed by atoms with Crippen LogP contribution in [0.15, 0.2) is 77.9 Å². The van der Waals surface area contributed by atoms with E-state index in [1.807, 2.05) is 60.7 Å². The van der Waals surface area contributed by atoms with Gasteiger partial charge in [-0.2, -0.15) is 5.10 Å². The van der Waals surface area contributed by atoms with Crippen LogP contribution in [0.2, 0.25) is 5.02 Å². The van der Waals surface area contributed by atoms with Crippen LogP contribution in [0.3, 0.4) is 0 Å². The summed E-state index contributed by atoms with van der Waals surface area (Å²) in [6.07, 6.45) is 1.71. The number of nitrogens with one attached hydrogen (secondary N) is 1. The molecule has 0 saturated carbocycles. The van der Waals surface area contributed by atoms with Crippen molar-refractivity contribution in [2.24, 2.45) is 5.10 Å². The lowest BCUT2D eigenvalue weighted by Gasteiger charge is -2.11. The second kappa shape index (κ2) is 8.36. The van der Waals surface area contributed by atoms with Crippen molar-refractivity contribution in [2.45, 2.75) is 13.5 Å². The van der Waals surface area contributed by atoms with Gasteiger partial charge in [0.25, 0.3) is 0 Å². The summed E-state index contributed by atoms with van der Waals surface area (Å²) in [5.41, 5.74) is 7.10. The number of anilines is 1. The van der Waals surface area contributed by atoms with E-state index in [1.54, 1.807) is 6.21 Å². The quantitative estimate of drug-likeness (QED) is 0.458. The molecule has 1 N–H and O–H groups in total. The second-order valence-electron chi connectivity index (χ2n) is 5.63. The SMILES string of the molecule is Cc1ccccc1COc1ccc(Cl)cc1C=NNc1ccccc1. The number of benzene rings is 3. The third-order valence-electron chi connectivity index (χ3n) is 3.79. The molecule has 0 amide bonds. The zero-order valence-electron chi connectivity index (χ0n) is 13.9. The molecule has 0 saturated heterocycles. The summed E-state index contributed by atoms with van der Waals surface area (Å²) in [7, 11) is 0. The van der Waals surface area contributed by atoms with E-state index in [9.17, 15) is 0 Å². The molecule has 0 aliphatic carbocycles. The molecule has 0 fully saturated rings. The van der Waals surface area contributed by atoms with Crippen LogP contribution in [0.5, 0.6) is 5.75 Å². The van der Waals surface area contributed by atoms with Crippen LogP contribution < -0.4 is 10.2 Å². The summed E-state index contributed by atoms with van der Waals surface area (Å²) in [5, 5.41) is 4.92. The molecular weight excluding hydrogens is 332 g/mol. The molecule has 0 heterocycles. The van der Waals surface area contributed by atoms with Crippen LogP contribution in [0.1, 0.15) is 16.7 Å². The number of halogens is 1. The molecule has 0 aliphatic heterocycles. The van der Waals surface area contributed by atoms with Crippen molar-refractivity contribution in [3.05, 3.63) is 94.5 Å². The number of aryl methyl sites for hydroxylation is 1. The van der Waals surface area contributed by atoms with Gasteiger partial charge in [-0.1, -0.05) is 54.1 Å². The number of rotatable bonds is 6. The molecule has 0 aromatic heterocycles. The van der Waals surface area contributed by atoms with E-state index >= 15 is 0 Å². The minimum atomic E-state index is 0.501. The van der Waals surface area contributed by atoms with E-state index in [2.05, 4.69) is 29.6 Å². The van der Waals surface area contributed by atoms with Gasteiger partial charge in [0.15, 0.2) is 0 Å². The van der Waals surface area contributed by atoms with Crippen LogP contribution in [-0.4, -0.2) is 6.21 Å². The Bertz CT molecular complexity index is 863. The molecule has 3 aromatic carbocycles. The predicted octanol–water partition coefficient (Wildman–Crippen LogP) is 5.67. The highest BCUT2D eigenvalue weighted by Crippen LogP contribution is 2.23. The van der Waals surface area contributed by atoms with Crippen molar-refractivity contribution in [3.8, 4) is 5.75 Å². The molecule has 25 heavy (non-hydrogen) atoms. The lowest BCUT2D eigenvalue weighted by atomic mass is 10.1. The Labute approximate surface area is 152 Å². The summed E-state index contributed by atoms with van der Waals surface area (Å²) in [6.45, 7) is 2.58. The predicted molar refractivity (Wildman–Crippen MR) is 105 cm³/mol. The maximum absolute atomic E-state index is 6.12. The highest BCUT2D eigenvalue weighted by Gasteiger charge is 2.05. The van der Waals surface area contributed by atoms with Gasteiger partial charge in [0.2, 0.25) is 0 Å². The average Bonchev–Trinajstić information content (AvgIpc) is 2.63. The lowest BCUT2D eigenvalue weighted by Crippen LogP contribution is -2.00. The normalized spacial score (nSPS) is 10.8. The fourth-order valence-electron chi connectivity index (χ4n) is 2.37. The molecule has 0 radical (unpaired) electrons. The zero-order valence-corrected chi connectivity index (χ0v) is 14.7. The maximum atomic E-state index is 6.12. The third kappa shape index (κ3) is 4.85. The van der Waals surface area contributed by atoms with E-state index in [0.29, 0.717) is 11.6 Å². The Hall–Kier alpha value is -2.78. The third-order valence-corrected chi connectivity index (χ3v) is 4.02. The minimum Gasteiger partial charge on any atom is -0.488 e. The first-order valence-corrected chi connectivity index (χ1v) is 8.41. The second-order valence-corrected chi connectivity index (χ2v) is 6.07. The Morgan fingerprint density at radius 1 is 1.00 bits per heavy atom. The molecule has 0 atom stereocenters. The topological polar surface area (TPSA) is 33.6 Å². The highest BCUT2D eigenvalue weighted by molar-refractivity contribution is 6.30. The molecule has 126 valence electrons. The number of hydrazone groups is 1. The fraction of sp³-hybridized carbons (Fsp3) is 0.0952. The number of ether oxygens (including phenoxy) is 1. The number of para-hydroxylation sites is 1. The summed E-state index contributed by atoms with van der Waals surface area (Å²) in [6, 6.07) is 23.5. The summed E-state index contributed by atoms with van der Waals surface area (Å²) in [4.78, 5) is 0. The van der Waals surface area contributed by atoms with Crippen LogP contribution in [0.4, 0.5) is 5.69 Å². The van der Waals surface area contributed by atoms with Gasteiger partial charge in [-0.05, 0) is 48.4 Å². The highest BCUT2D eigenvalue weighted by atomic mass is 35.5. The standard InChI is InChI=1S/C21H19ClN2O/c1-16-7-5-6-8-17(16)15-25-21-12-11-19(22)13-18(21)14-23-24-20-9-3-2-4-10-20/h2-14,24H,15H2,1H3. The first-order chi connectivity index (χ1) is 12.2. The van der Waals surface area contributed by atoms with E-state index in [1.165, 1.54) is 5.56 Å². The van der Waals surface area contributed by atoms with Gasteiger partial charge in [-0.3, -0.25) is 5.43 Å². The van der Waals surface area contributed by atoms with Crippen molar-refractivity contribution >= 4 is 23.5 Å². The van der Waals surface area contributed by atoms with Crippen LogP contribution in [0, 0.1) is 6.92 Å². The molecule has 3 rings (SSSR count). The molecular formula is C21H19ClN2O. The Kier molecular flexibility index (Phi) is 5.70. The van der Waals surface area contributed by atoms with E-state index in [4.69, 9.17) is 16.3 Å². The summed E-state index contributed by atoms with van der Waals surface area (Å²) >= 11 is 6.12. The Balaban J connectivity index is 1.73. The largest absolute Gasteiger partial charge is 0.488 e. The van der Waals surface area contributed by atoms with Crippen molar-refractivity contribution in [2.75, 3.05) is 5.43 Å². The lowest BCUT2D eigenvalue weighted by molar-refractivity contribution is 0.305. The van der Waals surface area contributed by atoms with Gasteiger partial charge in [0.05, 0.1) is 11.9 Å². The van der Waals surface area contributed by atoms with Gasteiger partial charge >= 0.3 is 0 Å². The van der Waals surface area contributed by atoms with Gasteiger partial charge in [0.1, 0.15) is 12.4 Å². The van der Waals surface area contributed by atoms with Crippen molar-refractivity contribution in [3.63, 3.8) is 0 Å².